The van der Waals surface area contributed by atoms with Gasteiger partial charge in [0.15, 0.2) is 14.5 Å². The second kappa shape index (κ2) is 7.11. The SMILES string of the molecule is CCSc1nnc(SCC(=O)c2c(N)n(C3CC3)c(=O)[nH]c2=O)s1. The molecule has 0 saturated heterocycles. The smallest absolute Gasteiger partial charge is 0.330 e. The fourth-order valence-corrected chi connectivity index (χ4v) is 4.96. The third-order valence-corrected chi connectivity index (χ3v) is 6.43. The molecule has 0 radical (unpaired) electrons. The van der Waals surface area contributed by atoms with Crippen LogP contribution in [0.2, 0.25) is 0 Å². The van der Waals surface area contributed by atoms with Crippen molar-refractivity contribution in [3.05, 3.63) is 26.4 Å². The monoisotopic (exact) mass is 385 g/mol. The molecule has 1 aliphatic carbocycles. The number of H-pyrrole nitrogens is 1. The number of aromatic nitrogens is 4. The number of Topliss-reactive ketones (excluding diaryl/α,β-unsaturated/α-hetero) is 1. The number of nitrogen functional groups attached to an aromatic ring is 1. The van der Waals surface area contributed by atoms with Crippen molar-refractivity contribution < 1.29 is 4.79 Å². The molecule has 0 aromatic carbocycles. The zero-order chi connectivity index (χ0) is 17.3. The van der Waals surface area contributed by atoms with Crippen LogP contribution in [0, 0.1) is 0 Å². The Morgan fingerprint density at radius 1 is 1.33 bits per heavy atom. The fourth-order valence-electron chi connectivity index (χ4n) is 2.17. The first-order valence-corrected chi connectivity index (χ1v) is 10.1. The van der Waals surface area contributed by atoms with Gasteiger partial charge < -0.3 is 5.73 Å². The molecule has 0 aliphatic heterocycles. The molecule has 2 heterocycles. The van der Waals surface area contributed by atoms with E-state index in [-0.39, 0.29) is 23.2 Å². The van der Waals surface area contributed by atoms with E-state index < -0.39 is 17.0 Å². The third-order valence-electron chi connectivity index (χ3n) is 3.36. The van der Waals surface area contributed by atoms with E-state index in [0.717, 1.165) is 22.9 Å². The second-order valence-corrected chi connectivity index (χ2v) is 8.81. The molecule has 11 heteroatoms. The number of hydrogen-bond acceptors (Lipinski definition) is 9. The number of rotatable bonds is 7. The molecule has 128 valence electrons. The number of anilines is 1. The van der Waals surface area contributed by atoms with Gasteiger partial charge in [-0.15, -0.1) is 10.2 Å². The molecule has 1 aliphatic rings. The average Bonchev–Trinajstić information content (AvgIpc) is 3.24. The van der Waals surface area contributed by atoms with Crippen LogP contribution >= 0.6 is 34.9 Å². The summed E-state index contributed by atoms with van der Waals surface area (Å²) in [4.78, 5) is 38.4. The minimum Gasteiger partial charge on any atom is -0.384 e. The van der Waals surface area contributed by atoms with Crippen LogP contribution in [0.4, 0.5) is 5.82 Å². The van der Waals surface area contributed by atoms with E-state index in [2.05, 4.69) is 15.2 Å². The van der Waals surface area contributed by atoms with Crippen LogP contribution in [0.15, 0.2) is 18.3 Å². The molecular weight excluding hydrogens is 370 g/mol. The number of nitrogens with two attached hydrogens (primary N) is 1. The van der Waals surface area contributed by atoms with Crippen LogP contribution in [0.5, 0.6) is 0 Å². The van der Waals surface area contributed by atoms with Gasteiger partial charge >= 0.3 is 5.69 Å². The second-order valence-electron chi connectivity index (χ2n) is 5.10. The van der Waals surface area contributed by atoms with Gasteiger partial charge in [-0.1, -0.05) is 41.8 Å². The van der Waals surface area contributed by atoms with Crippen molar-refractivity contribution in [3.63, 3.8) is 0 Å². The highest BCUT2D eigenvalue weighted by atomic mass is 32.2. The third kappa shape index (κ3) is 3.57. The number of hydrogen-bond donors (Lipinski definition) is 2. The van der Waals surface area contributed by atoms with Gasteiger partial charge in [-0.25, -0.2) is 4.79 Å². The Bertz CT molecular complexity index is 884. The Morgan fingerprint density at radius 2 is 2.00 bits per heavy atom. The van der Waals surface area contributed by atoms with Crippen molar-refractivity contribution in [2.45, 2.75) is 34.5 Å². The first kappa shape index (κ1) is 17.2. The van der Waals surface area contributed by atoms with E-state index in [1.54, 1.807) is 11.8 Å². The summed E-state index contributed by atoms with van der Waals surface area (Å²) in [5, 5.41) is 8.01. The molecule has 1 fully saturated rings. The number of ketones is 1. The fraction of sp³-hybridized carbons (Fsp3) is 0.462. The molecule has 24 heavy (non-hydrogen) atoms. The maximum Gasteiger partial charge on any atom is 0.330 e. The zero-order valence-corrected chi connectivity index (χ0v) is 15.2. The molecule has 3 rings (SSSR count). The van der Waals surface area contributed by atoms with Crippen molar-refractivity contribution in [2.24, 2.45) is 0 Å². The number of aromatic amines is 1. The van der Waals surface area contributed by atoms with E-state index in [4.69, 9.17) is 5.73 Å². The summed E-state index contributed by atoms with van der Waals surface area (Å²) in [7, 11) is 0. The highest BCUT2D eigenvalue weighted by Crippen LogP contribution is 2.35. The normalized spacial score (nSPS) is 14.0. The van der Waals surface area contributed by atoms with Crippen LogP contribution in [0.1, 0.15) is 36.2 Å². The highest BCUT2D eigenvalue weighted by molar-refractivity contribution is 8.03. The van der Waals surface area contributed by atoms with Crippen molar-refractivity contribution in [1.82, 2.24) is 19.7 Å². The largest absolute Gasteiger partial charge is 0.384 e. The van der Waals surface area contributed by atoms with Gasteiger partial charge in [-0.3, -0.25) is 19.1 Å². The summed E-state index contributed by atoms with van der Waals surface area (Å²) in [6.07, 6.45) is 1.64. The molecule has 3 N–H and O–H groups in total. The summed E-state index contributed by atoms with van der Waals surface area (Å²) in [6.45, 7) is 2.02. The van der Waals surface area contributed by atoms with Gasteiger partial charge in [-0.2, -0.15) is 0 Å². The van der Waals surface area contributed by atoms with Crippen molar-refractivity contribution in [1.29, 1.82) is 0 Å². The van der Waals surface area contributed by atoms with E-state index in [1.807, 2.05) is 6.92 Å². The van der Waals surface area contributed by atoms with Gasteiger partial charge in [-0.05, 0) is 18.6 Å². The standard InChI is InChI=1S/C13H15N5O3S3/c1-2-22-12-16-17-13(24-12)23-5-7(19)8-9(14)18(6-3-4-6)11(21)15-10(8)20/h6H,2-5,14H2,1H3,(H,15,20,21). The number of carbonyl (C=O) groups excluding carboxylic acids is 1. The Kier molecular flexibility index (Phi) is 5.11. The van der Waals surface area contributed by atoms with Crippen LogP contribution < -0.4 is 17.0 Å². The molecule has 0 unspecified atom stereocenters. The van der Waals surface area contributed by atoms with E-state index in [0.29, 0.717) is 4.34 Å². The van der Waals surface area contributed by atoms with Crippen molar-refractivity contribution >= 4 is 46.5 Å². The molecular formula is C13H15N5O3S3. The summed E-state index contributed by atoms with van der Waals surface area (Å²) in [5.41, 5.74) is 4.48. The summed E-state index contributed by atoms with van der Waals surface area (Å²) in [6, 6.07) is -0.0228. The first-order chi connectivity index (χ1) is 11.5. The maximum absolute atomic E-state index is 12.4. The van der Waals surface area contributed by atoms with Gasteiger partial charge in [0, 0.05) is 6.04 Å². The Hall–Kier alpha value is -1.59. The lowest BCUT2D eigenvalue weighted by atomic mass is 10.2. The van der Waals surface area contributed by atoms with Crippen molar-refractivity contribution in [2.75, 3.05) is 17.2 Å². The van der Waals surface area contributed by atoms with Crippen LogP contribution in [-0.2, 0) is 0 Å². The van der Waals surface area contributed by atoms with E-state index >= 15 is 0 Å². The topological polar surface area (TPSA) is 124 Å². The predicted octanol–water partition coefficient (Wildman–Crippen LogP) is 1.39. The zero-order valence-electron chi connectivity index (χ0n) is 12.8. The average molecular weight is 385 g/mol. The molecule has 0 bridgehead atoms. The minimum atomic E-state index is -0.737. The van der Waals surface area contributed by atoms with Gasteiger partial charge in [0.2, 0.25) is 0 Å². The van der Waals surface area contributed by atoms with Crippen LogP contribution in [0.3, 0.4) is 0 Å². The van der Waals surface area contributed by atoms with Gasteiger partial charge in [0.1, 0.15) is 11.4 Å². The first-order valence-electron chi connectivity index (χ1n) is 7.27. The molecule has 0 amide bonds. The van der Waals surface area contributed by atoms with Gasteiger partial charge in [0.05, 0.1) is 5.75 Å². The molecule has 8 nitrogen and oxygen atoms in total. The summed E-state index contributed by atoms with van der Waals surface area (Å²) in [5.74, 6) is 0.443. The van der Waals surface area contributed by atoms with Gasteiger partial charge in [0.25, 0.3) is 5.56 Å². The molecule has 0 spiro atoms. The van der Waals surface area contributed by atoms with E-state index in [9.17, 15) is 14.4 Å². The number of nitrogens with zero attached hydrogens (tertiary/aromatic N) is 3. The Labute approximate surface area is 149 Å². The summed E-state index contributed by atoms with van der Waals surface area (Å²) < 4.78 is 2.80. The van der Waals surface area contributed by atoms with Crippen molar-refractivity contribution in [3.8, 4) is 0 Å². The molecule has 1 saturated carbocycles. The maximum atomic E-state index is 12.4. The lowest BCUT2D eigenvalue weighted by molar-refractivity contribution is 0.102. The molecule has 2 aromatic rings. The minimum absolute atomic E-state index is 0.0155. The summed E-state index contributed by atoms with van der Waals surface area (Å²) >= 11 is 4.19. The number of nitrogens with one attached hydrogen (secondary N) is 1. The quantitative estimate of drug-likeness (QED) is 0.541. The number of carbonyl (C=O) groups is 1. The predicted molar refractivity (Wildman–Crippen MR) is 95.4 cm³/mol. The Morgan fingerprint density at radius 3 is 2.62 bits per heavy atom. The lowest BCUT2D eigenvalue weighted by Gasteiger charge is -2.10. The Balaban J connectivity index is 1.78. The van der Waals surface area contributed by atoms with Crippen LogP contribution in [0.25, 0.3) is 0 Å². The highest BCUT2D eigenvalue weighted by Gasteiger charge is 2.30. The lowest BCUT2D eigenvalue weighted by Crippen LogP contribution is -2.36. The van der Waals surface area contributed by atoms with Crippen LogP contribution in [-0.4, -0.2) is 37.0 Å². The molecule has 0 atom stereocenters. The van der Waals surface area contributed by atoms with E-state index in [1.165, 1.54) is 27.7 Å². The number of thioether (sulfide) groups is 2. The molecule has 2 aromatic heterocycles.